The molecule has 0 aliphatic heterocycles. The van der Waals surface area contributed by atoms with E-state index in [1.54, 1.807) is 6.08 Å². The van der Waals surface area contributed by atoms with Crippen LogP contribution in [0.2, 0.25) is 0 Å². The molecule has 1 N–H and O–H groups in total. The first-order valence-corrected chi connectivity index (χ1v) is 4.45. The molecule has 2 nitrogen and oxygen atoms in total. The maximum Gasteiger partial charge on any atom is 0.0866 e. The lowest BCUT2D eigenvalue weighted by atomic mass is 9.71. The summed E-state index contributed by atoms with van der Waals surface area (Å²) in [7, 11) is 0. The lowest BCUT2D eigenvalue weighted by Crippen LogP contribution is -2.36. The van der Waals surface area contributed by atoms with Crippen LogP contribution in [0.15, 0.2) is 12.7 Å². The van der Waals surface area contributed by atoms with E-state index in [0.717, 1.165) is 25.7 Å². The Kier molecular flexibility index (Phi) is 2.88. The van der Waals surface area contributed by atoms with Crippen molar-refractivity contribution >= 4 is 0 Å². The van der Waals surface area contributed by atoms with Crippen molar-refractivity contribution in [2.75, 3.05) is 0 Å². The number of hydrogen-bond donors (Lipinski definition) is 1. The molecule has 2 heteroatoms. The van der Waals surface area contributed by atoms with E-state index in [-0.39, 0.29) is 0 Å². The molecule has 0 amide bonds. The zero-order valence-corrected chi connectivity index (χ0v) is 7.29. The van der Waals surface area contributed by atoms with Crippen molar-refractivity contribution < 1.29 is 5.11 Å². The Bertz CT molecular complexity index is 206. The van der Waals surface area contributed by atoms with E-state index in [0.29, 0.717) is 6.42 Å². The van der Waals surface area contributed by atoms with Crippen LogP contribution < -0.4 is 0 Å². The quantitative estimate of drug-likeness (QED) is 0.636. The summed E-state index contributed by atoms with van der Waals surface area (Å²) in [5.41, 5.74) is -0.528. The van der Waals surface area contributed by atoms with Gasteiger partial charge in [0.1, 0.15) is 0 Å². The van der Waals surface area contributed by atoms with Gasteiger partial charge in [-0.2, -0.15) is 5.26 Å². The highest BCUT2D eigenvalue weighted by Crippen LogP contribution is 2.38. The fraction of sp³-hybridized carbons (Fsp3) is 0.700. The highest BCUT2D eigenvalue weighted by atomic mass is 16.3. The van der Waals surface area contributed by atoms with Crippen molar-refractivity contribution in [1.29, 1.82) is 5.26 Å². The second kappa shape index (κ2) is 3.73. The first kappa shape index (κ1) is 9.28. The van der Waals surface area contributed by atoms with E-state index in [4.69, 9.17) is 5.26 Å². The van der Waals surface area contributed by atoms with Gasteiger partial charge in [-0.15, -0.1) is 6.58 Å². The molecule has 0 radical (unpaired) electrons. The van der Waals surface area contributed by atoms with Crippen LogP contribution in [0, 0.1) is 16.7 Å². The smallest absolute Gasteiger partial charge is 0.0866 e. The highest BCUT2D eigenvalue weighted by Gasteiger charge is 2.38. The zero-order chi connectivity index (χ0) is 9.03. The monoisotopic (exact) mass is 165 g/mol. The molecule has 2 atom stereocenters. The van der Waals surface area contributed by atoms with Gasteiger partial charge in [-0.25, -0.2) is 0 Å². The van der Waals surface area contributed by atoms with Crippen LogP contribution in [0.25, 0.3) is 0 Å². The summed E-state index contributed by atoms with van der Waals surface area (Å²) in [6.45, 7) is 3.62. The third kappa shape index (κ3) is 1.51. The topological polar surface area (TPSA) is 44.0 Å². The number of aliphatic hydroxyl groups is 1. The van der Waals surface area contributed by atoms with Crippen molar-refractivity contribution in [3.8, 4) is 6.07 Å². The van der Waals surface area contributed by atoms with E-state index in [1.807, 2.05) is 0 Å². The van der Waals surface area contributed by atoms with Gasteiger partial charge in [-0.1, -0.05) is 18.9 Å². The molecule has 0 saturated heterocycles. The highest BCUT2D eigenvalue weighted by molar-refractivity contribution is 5.08. The third-order valence-electron chi connectivity index (χ3n) is 2.72. The number of allylic oxidation sites excluding steroid dienone is 1. The third-order valence-corrected chi connectivity index (χ3v) is 2.72. The minimum atomic E-state index is -0.528. The minimum absolute atomic E-state index is 0.450. The molecule has 0 bridgehead atoms. The Morgan fingerprint density at radius 3 is 2.92 bits per heavy atom. The molecular formula is C10H15NO. The second-order valence-corrected chi connectivity index (χ2v) is 3.52. The van der Waals surface area contributed by atoms with E-state index >= 15 is 0 Å². The molecule has 12 heavy (non-hydrogen) atoms. The van der Waals surface area contributed by atoms with E-state index < -0.39 is 11.5 Å². The van der Waals surface area contributed by atoms with Crippen LogP contribution in [-0.2, 0) is 0 Å². The van der Waals surface area contributed by atoms with Gasteiger partial charge in [0.2, 0.25) is 0 Å². The van der Waals surface area contributed by atoms with Gasteiger partial charge in [0.15, 0.2) is 0 Å². The standard InChI is InChI=1S/C10H15NO/c1-2-6-10(8-11)7-4-3-5-9(10)12/h2,9,12H,1,3-7H2/t9-,10-/m0/s1. The maximum atomic E-state index is 9.68. The fourth-order valence-corrected chi connectivity index (χ4v) is 1.89. The molecule has 0 aromatic heterocycles. The Labute approximate surface area is 73.5 Å². The van der Waals surface area contributed by atoms with Gasteiger partial charge in [-0.3, -0.25) is 0 Å². The Hall–Kier alpha value is -0.810. The summed E-state index contributed by atoms with van der Waals surface area (Å²) < 4.78 is 0. The van der Waals surface area contributed by atoms with Crippen LogP contribution in [0.5, 0.6) is 0 Å². The largest absolute Gasteiger partial charge is 0.391 e. The van der Waals surface area contributed by atoms with Crippen LogP contribution in [0.3, 0.4) is 0 Å². The van der Waals surface area contributed by atoms with Crippen LogP contribution in [0.1, 0.15) is 32.1 Å². The summed E-state index contributed by atoms with van der Waals surface area (Å²) in [5, 5.41) is 18.7. The number of nitrogens with zero attached hydrogens (tertiary/aromatic N) is 1. The van der Waals surface area contributed by atoms with Crippen LogP contribution >= 0.6 is 0 Å². The Balaban J connectivity index is 2.74. The van der Waals surface area contributed by atoms with Gasteiger partial charge in [-0.05, 0) is 19.3 Å². The summed E-state index contributed by atoms with van der Waals surface area (Å²) in [6.07, 6.45) is 5.58. The van der Waals surface area contributed by atoms with Crippen molar-refractivity contribution in [1.82, 2.24) is 0 Å². The van der Waals surface area contributed by atoms with Crippen molar-refractivity contribution in [2.24, 2.45) is 5.41 Å². The summed E-state index contributed by atoms with van der Waals surface area (Å²) in [4.78, 5) is 0. The van der Waals surface area contributed by atoms with Crippen LogP contribution in [-0.4, -0.2) is 11.2 Å². The number of aliphatic hydroxyl groups excluding tert-OH is 1. The van der Waals surface area contributed by atoms with Gasteiger partial charge >= 0.3 is 0 Å². The van der Waals surface area contributed by atoms with Gasteiger partial charge in [0, 0.05) is 0 Å². The molecular weight excluding hydrogens is 150 g/mol. The molecule has 0 spiro atoms. The van der Waals surface area contributed by atoms with Gasteiger partial charge in [0.05, 0.1) is 17.6 Å². The summed E-state index contributed by atoms with van der Waals surface area (Å²) >= 11 is 0. The second-order valence-electron chi connectivity index (χ2n) is 3.52. The first-order valence-electron chi connectivity index (χ1n) is 4.45. The van der Waals surface area contributed by atoms with Crippen molar-refractivity contribution in [3.05, 3.63) is 12.7 Å². The van der Waals surface area contributed by atoms with Crippen molar-refractivity contribution in [2.45, 2.75) is 38.2 Å². The molecule has 66 valence electrons. The Morgan fingerprint density at radius 1 is 1.67 bits per heavy atom. The molecule has 1 rings (SSSR count). The van der Waals surface area contributed by atoms with Gasteiger partial charge < -0.3 is 5.11 Å². The molecule has 1 fully saturated rings. The lowest BCUT2D eigenvalue weighted by molar-refractivity contribution is 0.0278. The average Bonchev–Trinajstić information content (AvgIpc) is 2.10. The summed E-state index contributed by atoms with van der Waals surface area (Å²) in [6, 6.07) is 2.25. The normalized spacial score (nSPS) is 35.5. The van der Waals surface area contributed by atoms with Gasteiger partial charge in [0.25, 0.3) is 0 Å². The number of nitriles is 1. The van der Waals surface area contributed by atoms with E-state index in [2.05, 4.69) is 12.6 Å². The minimum Gasteiger partial charge on any atom is -0.391 e. The van der Waals surface area contributed by atoms with Crippen LogP contribution in [0.4, 0.5) is 0 Å². The number of hydrogen-bond acceptors (Lipinski definition) is 2. The van der Waals surface area contributed by atoms with Crippen molar-refractivity contribution in [3.63, 3.8) is 0 Å². The molecule has 0 heterocycles. The predicted octanol–water partition coefficient (Wildman–Crippen LogP) is 2.01. The SMILES string of the molecule is C=CC[C@@]1(C#N)CCCC[C@@H]1O. The summed E-state index contributed by atoms with van der Waals surface area (Å²) in [5.74, 6) is 0. The van der Waals surface area contributed by atoms with E-state index in [1.165, 1.54) is 0 Å². The lowest BCUT2D eigenvalue weighted by Gasteiger charge is -2.34. The molecule has 0 aromatic carbocycles. The first-order chi connectivity index (χ1) is 5.75. The molecule has 0 unspecified atom stereocenters. The maximum absolute atomic E-state index is 9.68. The average molecular weight is 165 g/mol. The predicted molar refractivity (Wildman–Crippen MR) is 47.3 cm³/mol. The fourth-order valence-electron chi connectivity index (χ4n) is 1.89. The van der Waals surface area contributed by atoms with E-state index in [9.17, 15) is 5.11 Å². The number of rotatable bonds is 2. The zero-order valence-electron chi connectivity index (χ0n) is 7.29. The molecule has 1 aliphatic rings. The molecule has 1 saturated carbocycles. The molecule has 1 aliphatic carbocycles. The molecule has 0 aromatic rings. The Morgan fingerprint density at radius 2 is 2.42 bits per heavy atom.